The van der Waals surface area contributed by atoms with Crippen LogP contribution in [0.1, 0.15) is 49.4 Å². The largest absolute Gasteiger partial charge is 0.381 e. The van der Waals surface area contributed by atoms with Gasteiger partial charge in [-0.3, -0.25) is 0 Å². The lowest BCUT2D eigenvalue weighted by Gasteiger charge is -2.41. The first kappa shape index (κ1) is 25.6. The van der Waals surface area contributed by atoms with Gasteiger partial charge >= 0.3 is 0 Å². The summed E-state index contributed by atoms with van der Waals surface area (Å²) in [5, 5.41) is 10.9. The zero-order valence-electron chi connectivity index (χ0n) is 19.0. The van der Waals surface area contributed by atoms with E-state index in [0.717, 1.165) is 45.1 Å². The smallest absolute Gasteiger partial charge is 0.191 e. The molecule has 3 rings (SSSR count). The number of halogens is 1. The van der Waals surface area contributed by atoms with Crippen molar-refractivity contribution in [2.24, 2.45) is 4.99 Å². The molecule has 3 N–H and O–H groups in total. The van der Waals surface area contributed by atoms with Crippen LogP contribution in [-0.2, 0) is 11.3 Å². The van der Waals surface area contributed by atoms with Crippen LogP contribution in [0.2, 0.25) is 0 Å². The van der Waals surface area contributed by atoms with E-state index in [0.29, 0.717) is 6.54 Å². The van der Waals surface area contributed by atoms with Gasteiger partial charge in [-0.05, 0) is 44.7 Å². The van der Waals surface area contributed by atoms with Gasteiger partial charge in [0.25, 0.3) is 0 Å². The number of hydrogen-bond acceptors (Lipinski definition) is 3. The highest BCUT2D eigenvalue weighted by atomic mass is 127. The van der Waals surface area contributed by atoms with Crippen molar-refractivity contribution < 1.29 is 4.74 Å². The predicted octanol–water partition coefficient (Wildman–Crippen LogP) is 4.57. The average Bonchev–Trinajstić information content (AvgIpc) is 2.77. The van der Waals surface area contributed by atoms with E-state index >= 15 is 0 Å². The van der Waals surface area contributed by atoms with Crippen LogP contribution >= 0.6 is 24.0 Å². The topological polar surface area (TPSA) is 57.7 Å². The number of aliphatic imine (C=N–C) groups is 1. The first-order valence-corrected chi connectivity index (χ1v) is 11.1. The summed E-state index contributed by atoms with van der Waals surface area (Å²) < 4.78 is 5.67. The number of hydrogen-bond donors (Lipinski definition) is 3. The monoisotopic (exact) mass is 536 g/mol. The minimum atomic E-state index is -0.0208. The molecule has 2 aromatic rings. The fourth-order valence-corrected chi connectivity index (χ4v) is 3.99. The Balaban J connectivity index is 0.00000341. The number of ether oxygens (including phenoxy) is 1. The van der Waals surface area contributed by atoms with Crippen molar-refractivity contribution in [2.45, 2.75) is 51.7 Å². The van der Waals surface area contributed by atoms with E-state index in [2.05, 4.69) is 91.3 Å². The van der Waals surface area contributed by atoms with Gasteiger partial charge in [-0.2, -0.15) is 0 Å². The molecule has 1 unspecified atom stereocenters. The van der Waals surface area contributed by atoms with Gasteiger partial charge in [-0.15, -0.1) is 24.0 Å². The summed E-state index contributed by atoms with van der Waals surface area (Å²) in [5.41, 5.74) is 3.78. The van der Waals surface area contributed by atoms with Crippen LogP contribution in [-0.4, -0.2) is 37.8 Å². The number of aryl methyl sites for hydroxylation is 1. The molecule has 0 spiro atoms. The Labute approximate surface area is 204 Å². The Morgan fingerprint density at radius 1 is 1.06 bits per heavy atom. The number of nitrogens with one attached hydrogen (secondary N) is 3. The maximum Gasteiger partial charge on any atom is 0.191 e. The standard InChI is InChI=1S/C25H36N4O.HI/c1-4-26-24(27-18-22-10-8-9-20(2)17-22)28-19-25(13-15-30-16-14-25)29-21(3)23-11-6-5-7-12-23;/h5-12,17,21,29H,4,13-16,18-19H2,1-3H3,(H2,26,27,28);1H. The molecule has 0 radical (unpaired) electrons. The van der Waals surface area contributed by atoms with Crippen molar-refractivity contribution in [1.82, 2.24) is 16.0 Å². The molecule has 5 nitrogen and oxygen atoms in total. The molecule has 0 saturated carbocycles. The summed E-state index contributed by atoms with van der Waals surface area (Å²) in [6, 6.07) is 19.4. The van der Waals surface area contributed by atoms with Gasteiger partial charge < -0.3 is 20.7 Å². The Morgan fingerprint density at radius 2 is 1.81 bits per heavy atom. The van der Waals surface area contributed by atoms with Crippen molar-refractivity contribution in [2.75, 3.05) is 26.3 Å². The summed E-state index contributed by atoms with van der Waals surface area (Å²) in [4.78, 5) is 4.81. The summed E-state index contributed by atoms with van der Waals surface area (Å²) >= 11 is 0. The Morgan fingerprint density at radius 3 is 2.48 bits per heavy atom. The Kier molecular flexibility index (Phi) is 10.8. The molecule has 170 valence electrons. The molecular weight excluding hydrogens is 499 g/mol. The van der Waals surface area contributed by atoms with E-state index in [4.69, 9.17) is 9.73 Å². The fourth-order valence-electron chi connectivity index (χ4n) is 3.99. The van der Waals surface area contributed by atoms with Gasteiger partial charge in [0, 0.05) is 37.9 Å². The molecule has 1 atom stereocenters. The van der Waals surface area contributed by atoms with Crippen LogP contribution in [0.5, 0.6) is 0 Å². The lowest BCUT2D eigenvalue weighted by atomic mass is 9.88. The molecule has 0 amide bonds. The highest BCUT2D eigenvalue weighted by Gasteiger charge is 2.34. The molecule has 1 heterocycles. The van der Waals surface area contributed by atoms with E-state index in [1.54, 1.807) is 0 Å². The summed E-state index contributed by atoms with van der Waals surface area (Å²) in [5.74, 6) is 0.860. The van der Waals surface area contributed by atoms with Crippen LogP contribution < -0.4 is 16.0 Å². The zero-order valence-corrected chi connectivity index (χ0v) is 21.3. The molecule has 1 saturated heterocycles. The molecule has 6 heteroatoms. The molecule has 1 aliphatic heterocycles. The van der Waals surface area contributed by atoms with Crippen LogP contribution in [0.25, 0.3) is 0 Å². The highest BCUT2D eigenvalue weighted by Crippen LogP contribution is 2.25. The second-order valence-electron chi connectivity index (χ2n) is 8.21. The van der Waals surface area contributed by atoms with Crippen LogP contribution in [0.15, 0.2) is 59.6 Å². The maximum absolute atomic E-state index is 5.67. The van der Waals surface area contributed by atoms with Crippen LogP contribution in [0, 0.1) is 6.92 Å². The summed E-state index contributed by atoms with van der Waals surface area (Å²) in [6.07, 6.45) is 1.96. The SMILES string of the molecule is CCNC(=NCc1cccc(C)c1)NCC1(NC(C)c2ccccc2)CCOCC1.I. The minimum absolute atomic E-state index is 0. The van der Waals surface area contributed by atoms with Gasteiger partial charge in [0.1, 0.15) is 0 Å². The van der Waals surface area contributed by atoms with Crippen molar-refractivity contribution in [3.63, 3.8) is 0 Å². The van der Waals surface area contributed by atoms with Crippen molar-refractivity contribution in [3.8, 4) is 0 Å². The van der Waals surface area contributed by atoms with E-state index in [-0.39, 0.29) is 35.6 Å². The number of guanidine groups is 1. The van der Waals surface area contributed by atoms with Crippen molar-refractivity contribution >= 4 is 29.9 Å². The minimum Gasteiger partial charge on any atom is -0.381 e. The van der Waals surface area contributed by atoms with E-state index in [1.165, 1.54) is 16.7 Å². The van der Waals surface area contributed by atoms with Crippen molar-refractivity contribution in [3.05, 3.63) is 71.3 Å². The van der Waals surface area contributed by atoms with Crippen LogP contribution in [0.3, 0.4) is 0 Å². The molecule has 31 heavy (non-hydrogen) atoms. The van der Waals surface area contributed by atoms with Crippen LogP contribution in [0.4, 0.5) is 0 Å². The van der Waals surface area contributed by atoms with Crippen molar-refractivity contribution in [1.29, 1.82) is 0 Å². The molecular formula is C25H37IN4O. The molecule has 0 aromatic heterocycles. The van der Waals surface area contributed by atoms with Gasteiger partial charge in [0.15, 0.2) is 5.96 Å². The number of rotatable bonds is 8. The number of benzene rings is 2. The molecule has 2 aromatic carbocycles. The van der Waals surface area contributed by atoms with Gasteiger partial charge in [0.2, 0.25) is 0 Å². The second kappa shape index (κ2) is 13.0. The Hall–Kier alpha value is -1.64. The zero-order chi connectivity index (χ0) is 21.2. The summed E-state index contributed by atoms with van der Waals surface area (Å²) in [7, 11) is 0. The molecule has 1 aliphatic rings. The highest BCUT2D eigenvalue weighted by molar-refractivity contribution is 14.0. The van der Waals surface area contributed by atoms with E-state index < -0.39 is 0 Å². The van der Waals surface area contributed by atoms with Gasteiger partial charge in [-0.25, -0.2) is 4.99 Å². The molecule has 1 fully saturated rings. The lowest BCUT2D eigenvalue weighted by Crippen LogP contribution is -2.58. The third kappa shape index (κ3) is 8.09. The summed E-state index contributed by atoms with van der Waals surface area (Å²) in [6.45, 7) is 10.3. The predicted molar refractivity (Wildman–Crippen MR) is 140 cm³/mol. The average molecular weight is 537 g/mol. The quantitative estimate of drug-likeness (QED) is 0.263. The second-order valence-corrected chi connectivity index (χ2v) is 8.21. The number of nitrogens with zero attached hydrogens (tertiary/aromatic N) is 1. The maximum atomic E-state index is 5.67. The fraction of sp³-hybridized carbons (Fsp3) is 0.480. The van der Waals surface area contributed by atoms with E-state index in [9.17, 15) is 0 Å². The third-order valence-electron chi connectivity index (χ3n) is 5.71. The lowest BCUT2D eigenvalue weighted by molar-refractivity contribution is 0.0355. The third-order valence-corrected chi connectivity index (χ3v) is 5.71. The molecule has 0 aliphatic carbocycles. The first-order valence-electron chi connectivity index (χ1n) is 11.1. The van der Waals surface area contributed by atoms with Gasteiger partial charge in [-0.1, -0.05) is 60.2 Å². The van der Waals surface area contributed by atoms with Gasteiger partial charge in [0.05, 0.1) is 6.54 Å². The Bertz CT molecular complexity index is 806. The van der Waals surface area contributed by atoms with E-state index in [1.807, 2.05) is 0 Å². The first-order chi connectivity index (χ1) is 14.6. The normalized spacial score (nSPS) is 16.8. The molecule has 0 bridgehead atoms.